The summed E-state index contributed by atoms with van der Waals surface area (Å²) in [5.41, 5.74) is 2.66. The van der Waals surface area contributed by atoms with Crippen molar-refractivity contribution in [2.45, 2.75) is 45.8 Å². The molecule has 2 amide bonds. The molecule has 1 aliphatic heterocycles. The molecule has 1 saturated heterocycles. The second-order valence-corrected chi connectivity index (χ2v) is 8.44. The number of hydrogen-bond donors (Lipinski definition) is 1. The first-order valence-electron chi connectivity index (χ1n) is 11.2. The van der Waals surface area contributed by atoms with Crippen LogP contribution in [-0.4, -0.2) is 54.4 Å². The number of carbonyl (C=O) groups is 2. The van der Waals surface area contributed by atoms with Crippen LogP contribution in [0.5, 0.6) is 5.75 Å². The van der Waals surface area contributed by atoms with Crippen molar-refractivity contribution in [1.29, 1.82) is 0 Å². The van der Waals surface area contributed by atoms with Gasteiger partial charge in [-0.25, -0.2) is 0 Å². The van der Waals surface area contributed by atoms with E-state index in [2.05, 4.69) is 36.2 Å². The SMILES string of the molecule is CCN(CC)Cc1cccc(CNC(=O)[C@@H]2CCCN2C(=O)c2cc(Cl)ccc2OC)c1. The Morgan fingerprint density at radius 3 is 2.62 bits per heavy atom. The van der Waals surface area contributed by atoms with Crippen LogP contribution >= 0.6 is 11.6 Å². The summed E-state index contributed by atoms with van der Waals surface area (Å²) in [5, 5.41) is 3.48. The predicted octanol–water partition coefficient (Wildman–Crippen LogP) is 4.11. The van der Waals surface area contributed by atoms with Crippen molar-refractivity contribution in [3.8, 4) is 5.75 Å². The highest BCUT2D eigenvalue weighted by Gasteiger charge is 2.35. The lowest BCUT2D eigenvalue weighted by Gasteiger charge is -2.25. The van der Waals surface area contributed by atoms with Gasteiger partial charge in [0.15, 0.2) is 0 Å². The van der Waals surface area contributed by atoms with E-state index in [1.165, 1.54) is 12.7 Å². The molecule has 0 aliphatic carbocycles. The molecule has 1 aliphatic rings. The Balaban J connectivity index is 1.65. The van der Waals surface area contributed by atoms with Gasteiger partial charge < -0.3 is 15.0 Å². The van der Waals surface area contributed by atoms with Gasteiger partial charge in [-0.1, -0.05) is 49.7 Å². The summed E-state index contributed by atoms with van der Waals surface area (Å²) in [7, 11) is 1.52. The lowest BCUT2D eigenvalue weighted by molar-refractivity contribution is -0.125. The maximum absolute atomic E-state index is 13.2. The number of nitrogens with zero attached hydrogens (tertiary/aromatic N) is 2. The Kier molecular flexibility index (Phi) is 8.53. The molecule has 1 atom stereocenters. The number of likely N-dealkylation sites (tertiary alicyclic amines) is 1. The van der Waals surface area contributed by atoms with Crippen LogP contribution in [0.3, 0.4) is 0 Å². The van der Waals surface area contributed by atoms with Crippen LogP contribution < -0.4 is 10.1 Å². The quantitative estimate of drug-likeness (QED) is 0.615. The molecule has 0 radical (unpaired) electrons. The average Bonchev–Trinajstić information content (AvgIpc) is 3.31. The lowest BCUT2D eigenvalue weighted by atomic mass is 10.1. The summed E-state index contributed by atoms with van der Waals surface area (Å²) < 4.78 is 5.33. The molecular formula is C25H32ClN3O3. The second-order valence-electron chi connectivity index (χ2n) is 8.00. The third-order valence-corrected chi connectivity index (χ3v) is 6.20. The minimum atomic E-state index is -0.495. The van der Waals surface area contributed by atoms with Crippen molar-refractivity contribution >= 4 is 23.4 Å². The number of methoxy groups -OCH3 is 1. The Hall–Kier alpha value is -2.57. The Morgan fingerprint density at radius 2 is 1.91 bits per heavy atom. The van der Waals surface area contributed by atoms with E-state index in [9.17, 15) is 9.59 Å². The molecule has 0 unspecified atom stereocenters. The number of ether oxygens (including phenoxy) is 1. The third-order valence-electron chi connectivity index (χ3n) is 5.97. The second kappa shape index (κ2) is 11.3. The van der Waals surface area contributed by atoms with Gasteiger partial charge in [-0.05, 0) is 55.3 Å². The van der Waals surface area contributed by atoms with E-state index in [1.807, 2.05) is 12.1 Å². The van der Waals surface area contributed by atoms with Gasteiger partial charge in [-0.2, -0.15) is 0 Å². The Morgan fingerprint density at radius 1 is 1.16 bits per heavy atom. The highest BCUT2D eigenvalue weighted by Crippen LogP contribution is 2.27. The fourth-order valence-corrected chi connectivity index (χ4v) is 4.31. The van der Waals surface area contributed by atoms with E-state index in [0.29, 0.717) is 35.8 Å². The normalized spacial score (nSPS) is 15.8. The highest BCUT2D eigenvalue weighted by molar-refractivity contribution is 6.31. The largest absolute Gasteiger partial charge is 0.496 e. The molecule has 172 valence electrons. The number of benzene rings is 2. The summed E-state index contributed by atoms with van der Waals surface area (Å²) >= 11 is 6.10. The van der Waals surface area contributed by atoms with Gasteiger partial charge in [0.1, 0.15) is 11.8 Å². The van der Waals surface area contributed by atoms with Crippen LogP contribution in [0.1, 0.15) is 48.2 Å². The number of halogens is 1. The first kappa shape index (κ1) is 24.1. The zero-order chi connectivity index (χ0) is 23.1. The summed E-state index contributed by atoms with van der Waals surface area (Å²) in [6.07, 6.45) is 1.43. The van der Waals surface area contributed by atoms with Gasteiger partial charge in [-0.15, -0.1) is 0 Å². The molecule has 2 aromatic rings. The summed E-state index contributed by atoms with van der Waals surface area (Å²) in [4.78, 5) is 30.1. The molecule has 1 fully saturated rings. The fraction of sp³-hybridized carbons (Fsp3) is 0.440. The summed E-state index contributed by atoms with van der Waals surface area (Å²) in [6, 6.07) is 12.7. The molecule has 2 aromatic carbocycles. The molecule has 3 rings (SSSR count). The first-order chi connectivity index (χ1) is 15.5. The Bertz CT molecular complexity index is 946. The van der Waals surface area contributed by atoms with Gasteiger partial charge in [0.05, 0.1) is 12.7 Å². The number of nitrogens with one attached hydrogen (secondary N) is 1. The molecular weight excluding hydrogens is 426 g/mol. The molecule has 0 bridgehead atoms. The van der Waals surface area contributed by atoms with Crippen LogP contribution in [0, 0.1) is 0 Å². The highest BCUT2D eigenvalue weighted by atomic mass is 35.5. The van der Waals surface area contributed by atoms with E-state index in [-0.39, 0.29) is 11.8 Å². The third kappa shape index (κ3) is 5.81. The van der Waals surface area contributed by atoms with Crippen LogP contribution in [0.15, 0.2) is 42.5 Å². The van der Waals surface area contributed by atoms with Crippen molar-refractivity contribution in [3.05, 3.63) is 64.2 Å². The van der Waals surface area contributed by atoms with Gasteiger partial charge >= 0.3 is 0 Å². The van der Waals surface area contributed by atoms with E-state index in [1.54, 1.807) is 23.1 Å². The summed E-state index contributed by atoms with van der Waals surface area (Å²) in [5.74, 6) is 0.0877. The van der Waals surface area contributed by atoms with E-state index in [0.717, 1.165) is 31.6 Å². The average molecular weight is 458 g/mol. The lowest BCUT2D eigenvalue weighted by Crippen LogP contribution is -2.45. The molecule has 0 spiro atoms. The zero-order valence-corrected chi connectivity index (χ0v) is 19.8. The number of hydrogen-bond acceptors (Lipinski definition) is 4. The molecule has 32 heavy (non-hydrogen) atoms. The first-order valence-corrected chi connectivity index (χ1v) is 11.6. The van der Waals surface area contributed by atoms with E-state index >= 15 is 0 Å². The van der Waals surface area contributed by atoms with Crippen LogP contribution in [-0.2, 0) is 17.9 Å². The van der Waals surface area contributed by atoms with Crippen molar-refractivity contribution in [3.63, 3.8) is 0 Å². The van der Waals surface area contributed by atoms with Crippen molar-refractivity contribution < 1.29 is 14.3 Å². The van der Waals surface area contributed by atoms with Crippen LogP contribution in [0.25, 0.3) is 0 Å². The van der Waals surface area contributed by atoms with E-state index < -0.39 is 6.04 Å². The monoisotopic (exact) mass is 457 g/mol. The van der Waals surface area contributed by atoms with Gasteiger partial charge in [-0.3, -0.25) is 14.5 Å². The number of rotatable bonds is 9. The molecule has 0 saturated carbocycles. The minimum absolute atomic E-state index is 0.133. The number of amides is 2. The summed E-state index contributed by atoms with van der Waals surface area (Å²) in [6.45, 7) is 8.17. The Labute approximate surface area is 195 Å². The molecule has 7 heteroatoms. The predicted molar refractivity (Wildman–Crippen MR) is 127 cm³/mol. The van der Waals surface area contributed by atoms with Gasteiger partial charge in [0.2, 0.25) is 5.91 Å². The van der Waals surface area contributed by atoms with Crippen molar-refractivity contribution in [1.82, 2.24) is 15.1 Å². The standard InChI is InChI=1S/C25H32ClN3O3/c1-4-28(5-2)17-19-9-6-8-18(14-19)16-27-24(30)22-10-7-13-29(22)25(31)21-15-20(26)11-12-23(21)32-3/h6,8-9,11-12,14-15,22H,4-5,7,10,13,16-17H2,1-3H3,(H,27,30)/t22-/m0/s1. The maximum Gasteiger partial charge on any atom is 0.258 e. The smallest absolute Gasteiger partial charge is 0.258 e. The van der Waals surface area contributed by atoms with Crippen LogP contribution in [0.4, 0.5) is 0 Å². The minimum Gasteiger partial charge on any atom is -0.496 e. The van der Waals surface area contributed by atoms with Crippen molar-refractivity contribution in [2.24, 2.45) is 0 Å². The molecule has 0 aromatic heterocycles. The zero-order valence-electron chi connectivity index (χ0n) is 19.1. The number of carbonyl (C=O) groups excluding carboxylic acids is 2. The molecule has 6 nitrogen and oxygen atoms in total. The van der Waals surface area contributed by atoms with Gasteiger partial charge in [0, 0.05) is 24.7 Å². The maximum atomic E-state index is 13.2. The molecule has 1 heterocycles. The van der Waals surface area contributed by atoms with Crippen molar-refractivity contribution in [2.75, 3.05) is 26.7 Å². The fourth-order valence-electron chi connectivity index (χ4n) is 4.13. The van der Waals surface area contributed by atoms with E-state index in [4.69, 9.17) is 16.3 Å². The topological polar surface area (TPSA) is 61.9 Å². The van der Waals surface area contributed by atoms with Gasteiger partial charge in [0.25, 0.3) is 5.91 Å². The van der Waals surface area contributed by atoms with Crippen LogP contribution in [0.2, 0.25) is 5.02 Å². The molecule has 1 N–H and O–H groups in total.